The highest BCUT2D eigenvalue weighted by molar-refractivity contribution is 5.97. The van der Waals surface area contributed by atoms with Gasteiger partial charge in [-0.2, -0.15) is 0 Å². The smallest absolute Gasteiger partial charge is 0.346 e. The molecular formula is C33H40O7. The van der Waals surface area contributed by atoms with E-state index in [2.05, 4.69) is 6.92 Å². The molecule has 40 heavy (non-hydrogen) atoms. The van der Waals surface area contributed by atoms with Crippen molar-refractivity contribution in [2.45, 2.75) is 91.3 Å². The van der Waals surface area contributed by atoms with Gasteiger partial charge in [0.15, 0.2) is 11.5 Å². The summed E-state index contributed by atoms with van der Waals surface area (Å²) in [6.07, 6.45) is 6.05. The van der Waals surface area contributed by atoms with E-state index in [9.17, 15) is 14.7 Å². The highest BCUT2D eigenvalue weighted by atomic mass is 16.6. The number of aryl methyl sites for hydroxylation is 1. The Labute approximate surface area is 236 Å². The molecule has 7 nitrogen and oxygen atoms in total. The SMILES string of the molecule is COc1c([C@@H](O)CC(C)C)ccc2c1C(=O)OCc1cc(C)c(C3CC3)c(OC(=O)C3(C)C4CCC3CC4)c1O2. The van der Waals surface area contributed by atoms with Crippen molar-refractivity contribution in [2.75, 3.05) is 7.11 Å². The van der Waals surface area contributed by atoms with Crippen LogP contribution < -0.4 is 14.2 Å². The van der Waals surface area contributed by atoms with Crippen LogP contribution in [-0.4, -0.2) is 24.2 Å². The van der Waals surface area contributed by atoms with Crippen LogP contribution in [0.25, 0.3) is 0 Å². The standard InChI is InChI=1S/C33H40O7/c1-17(2)14-24(34)23-12-13-25-27(29(23)37-5)31(35)38-16-20-15-18(3)26(19-6-7-19)30(28(20)39-25)40-32(36)33(4)21-8-9-22(33)11-10-21/h12-13,15,17,19,21-22,24,34H,6-11,14,16H2,1-5H3/t21?,22?,24-,33?/m0/s1. The van der Waals surface area contributed by atoms with E-state index in [-0.39, 0.29) is 35.6 Å². The van der Waals surface area contributed by atoms with Crippen LogP contribution in [0.5, 0.6) is 23.0 Å². The van der Waals surface area contributed by atoms with Crippen LogP contribution in [0.2, 0.25) is 0 Å². The number of rotatable bonds is 7. The lowest BCUT2D eigenvalue weighted by atomic mass is 9.79. The quantitative estimate of drug-likeness (QED) is 0.290. The molecular weight excluding hydrogens is 508 g/mol. The van der Waals surface area contributed by atoms with Crippen LogP contribution in [0.1, 0.15) is 110 Å². The van der Waals surface area contributed by atoms with Crippen molar-refractivity contribution < 1.29 is 33.6 Å². The Morgan fingerprint density at radius 1 is 1.10 bits per heavy atom. The maximum Gasteiger partial charge on any atom is 0.346 e. The Morgan fingerprint density at radius 3 is 2.38 bits per heavy atom. The molecule has 2 bridgehead atoms. The van der Waals surface area contributed by atoms with Gasteiger partial charge >= 0.3 is 11.9 Å². The second kappa shape index (κ2) is 10.1. The first-order valence-corrected chi connectivity index (χ1v) is 14.8. The zero-order valence-electron chi connectivity index (χ0n) is 24.2. The third kappa shape index (κ3) is 4.37. The number of methoxy groups -OCH3 is 1. The van der Waals surface area contributed by atoms with E-state index < -0.39 is 17.5 Å². The van der Waals surface area contributed by atoms with Gasteiger partial charge in [0.1, 0.15) is 23.7 Å². The number of aliphatic hydroxyl groups is 1. The average Bonchev–Trinajstić information content (AvgIpc) is 3.64. The van der Waals surface area contributed by atoms with Gasteiger partial charge in [0, 0.05) is 16.7 Å². The molecule has 3 aliphatic carbocycles. The molecule has 1 heterocycles. The van der Waals surface area contributed by atoms with Crippen molar-refractivity contribution in [3.05, 3.63) is 46.0 Å². The molecule has 6 rings (SSSR count). The number of ether oxygens (including phenoxy) is 4. The summed E-state index contributed by atoms with van der Waals surface area (Å²) < 4.78 is 24.4. The third-order valence-corrected chi connectivity index (χ3v) is 9.78. The van der Waals surface area contributed by atoms with Gasteiger partial charge in [0.25, 0.3) is 0 Å². The van der Waals surface area contributed by atoms with Crippen LogP contribution >= 0.6 is 0 Å². The van der Waals surface area contributed by atoms with E-state index in [1.165, 1.54) is 7.11 Å². The number of esters is 2. The largest absolute Gasteiger partial charge is 0.495 e. The predicted molar refractivity (Wildman–Crippen MR) is 149 cm³/mol. The molecule has 1 aliphatic heterocycles. The molecule has 4 aliphatic rings. The fourth-order valence-electron chi connectivity index (χ4n) is 7.45. The minimum Gasteiger partial charge on any atom is -0.495 e. The van der Waals surface area contributed by atoms with E-state index in [0.29, 0.717) is 46.8 Å². The molecule has 1 N–H and O–H groups in total. The molecule has 2 aromatic rings. The number of benzene rings is 2. The molecule has 0 spiro atoms. The summed E-state index contributed by atoms with van der Waals surface area (Å²) in [6.45, 7) is 8.11. The Balaban J connectivity index is 1.45. The van der Waals surface area contributed by atoms with Crippen LogP contribution in [0.4, 0.5) is 0 Å². The Kier molecular flexibility index (Phi) is 6.84. The number of aliphatic hydroxyl groups excluding tert-OH is 1. The number of hydrogen-bond donors (Lipinski definition) is 1. The summed E-state index contributed by atoms with van der Waals surface area (Å²) in [5.41, 5.74) is 2.81. The second-order valence-corrected chi connectivity index (χ2v) is 12.8. The topological polar surface area (TPSA) is 91.3 Å². The molecule has 0 aromatic heterocycles. The number of cyclic esters (lactones) is 1. The van der Waals surface area contributed by atoms with Crippen molar-refractivity contribution in [1.82, 2.24) is 0 Å². The number of fused-ring (bicyclic) bond motifs is 4. The summed E-state index contributed by atoms with van der Waals surface area (Å²) in [5.74, 6) is 1.85. The molecule has 214 valence electrons. The predicted octanol–water partition coefficient (Wildman–Crippen LogP) is 7.15. The van der Waals surface area contributed by atoms with Crippen molar-refractivity contribution in [3.63, 3.8) is 0 Å². The van der Waals surface area contributed by atoms with Gasteiger partial charge in [0.2, 0.25) is 0 Å². The molecule has 1 atom stereocenters. The van der Waals surface area contributed by atoms with Gasteiger partial charge in [0.05, 0.1) is 18.6 Å². The van der Waals surface area contributed by atoms with Crippen molar-refractivity contribution in [3.8, 4) is 23.0 Å². The molecule has 0 saturated heterocycles. The van der Waals surface area contributed by atoms with Gasteiger partial charge in [-0.05, 0) is 106 Å². The van der Waals surface area contributed by atoms with Crippen LogP contribution in [0.3, 0.4) is 0 Å². The van der Waals surface area contributed by atoms with Gasteiger partial charge < -0.3 is 24.1 Å². The van der Waals surface area contributed by atoms with Crippen LogP contribution in [0, 0.1) is 30.1 Å². The average molecular weight is 549 g/mol. The van der Waals surface area contributed by atoms with Gasteiger partial charge in [-0.1, -0.05) is 13.8 Å². The fraction of sp³-hybridized carbons (Fsp3) is 0.576. The summed E-state index contributed by atoms with van der Waals surface area (Å²) >= 11 is 0. The third-order valence-electron chi connectivity index (χ3n) is 9.78. The first-order chi connectivity index (χ1) is 19.1. The van der Waals surface area contributed by atoms with Gasteiger partial charge in [-0.25, -0.2) is 4.79 Å². The van der Waals surface area contributed by atoms with E-state index in [1.807, 2.05) is 26.8 Å². The number of carbonyl (C=O) groups excluding carboxylic acids is 2. The maximum absolute atomic E-state index is 13.9. The van der Waals surface area contributed by atoms with E-state index in [0.717, 1.165) is 49.7 Å². The zero-order chi connectivity index (χ0) is 28.3. The molecule has 0 amide bonds. The summed E-state index contributed by atoms with van der Waals surface area (Å²) in [4.78, 5) is 27.3. The van der Waals surface area contributed by atoms with Crippen LogP contribution in [-0.2, 0) is 16.1 Å². The fourth-order valence-corrected chi connectivity index (χ4v) is 7.45. The summed E-state index contributed by atoms with van der Waals surface area (Å²) in [5, 5.41) is 10.9. The van der Waals surface area contributed by atoms with Crippen LogP contribution in [0.15, 0.2) is 18.2 Å². The minimum atomic E-state index is -0.811. The minimum absolute atomic E-state index is 0.0333. The summed E-state index contributed by atoms with van der Waals surface area (Å²) in [7, 11) is 1.47. The monoisotopic (exact) mass is 548 g/mol. The van der Waals surface area contributed by atoms with E-state index >= 15 is 0 Å². The second-order valence-electron chi connectivity index (χ2n) is 12.8. The van der Waals surface area contributed by atoms with Crippen molar-refractivity contribution in [1.29, 1.82) is 0 Å². The van der Waals surface area contributed by atoms with Gasteiger partial charge in [-0.3, -0.25) is 4.79 Å². The Morgan fingerprint density at radius 2 is 1.77 bits per heavy atom. The molecule has 0 unspecified atom stereocenters. The highest BCUT2D eigenvalue weighted by Crippen LogP contribution is 2.59. The Hall–Kier alpha value is -3.06. The summed E-state index contributed by atoms with van der Waals surface area (Å²) in [6, 6.07) is 5.39. The van der Waals surface area contributed by atoms with Crippen molar-refractivity contribution >= 4 is 11.9 Å². The normalized spacial score (nSPS) is 25.8. The lowest BCUT2D eigenvalue weighted by Crippen LogP contribution is -2.36. The van der Waals surface area contributed by atoms with E-state index in [4.69, 9.17) is 18.9 Å². The number of carbonyl (C=O) groups is 2. The molecule has 0 radical (unpaired) electrons. The van der Waals surface area contributed by atoms with Gasteiger partial charge in [-0.15, -0.1) is 0 Å². The molecule has 7 heteroatoms. The first-order valence-electron chi connectivity index (χ1n) is 14.8. The zero-order valence-corrected chi connectivity index (χ0v) is 24.2. The molecule has 2 aromatic carbocycles. The number of hydrogen-bond acceptors (Lipinski definition) is 7. The molecule has 3 fully saturated rings. The highest BCUT2D eigenvalue weighted by Gasteiger charge is 2.57. The molecule has 3 saturated carbocycles. The first kappa shape index (κ1) is 27.1. The van der Waals surface area contributed by atoms with E-state index in [1.54, 1.807) is 12.1 Å². The maximum atomic E-state index is 13.9. The van der Waals surface area contributed by atoms with Crippen molar-refractivity contribution in [2.24, 2.45) is 23.2 Å². The lowest BCUT2D eigenvalue weighted by molar-refractivity contribution is -0.147. The Bertz CT molecular complexity index is 1340. The lowest BCUT2D eigenvalue weighted by Gasteiger charge is -2.30.